The number of aliphatic hydroxyl groups is 1. The van der Waals surface area contributed by atoms with Gasteiger partial charge in [-0.15, -0.1) is 0 Å². The number of rotatable bonds is 7. The lowest BCUT2D eigenvalue weighted by Crippen LogP contribution is -2.49. The number of likely N-dealkylation sites (tertiary alicyclic amines) is 1. The Bertz CT molecular complexity index is 507. The Morgan fingerprint density at radius 3 is 2.91 bits per heavy atom. The van der Waals surface area contributed by atoms with Gasteiger partial charge in [0.2, 0.25) is 5.91 Å². The average Bonchev–Trinajstić information content (AvgIpc) is 2.56. The molecule has 2 rings (SSSR count). The second-order valence-corrected chi connectivity index (χ2v) is 5.99. The van der Waals surface area contributed by atoms with Crippen LogP contribution in [0.1, 0.15) is 39.5 Å². The van der Waals surface area contributed by atoms with Crippen LogP contribution in [0.15, 0.2) is 24.3 Å². The summed E-state index contributed by atoms with van der Waals surface area (Å²) in [5, 5.41) is 13.1. The van der Waals surface area contributed by atoms with E-state index < -0.39 is 0 Å². The molecule has 0 aliphatic carbocycles. The Labute approximate surface area is 138 Å². The van der Waals surface area contributed by atoms with E-state index in [0.29, 0.717) is 24.6 Å². The first-order valence-electron chi connectivity index (χ1n) is 8.59. The topological polar surface area (TPSA) is 61.8 Å². The van der Waals surface area contributed by atoms with Crippen LogP contribution >= 0.6 is 0 Å². The smallest absolute Gasteiger partial charge is 0.238 e. The molecule has 0 bridgehead atoms. The van der Waals surface area contributed by atoms with E-state index in [1.54, 1.807) is 0 Å². The molecule has 5 nitrogen and oxygen atoms in total. The number of carbonyl (C=O) groups excluding carboxylic acids is 1. The molecule has 2 unspecified atom stereocenters. The number of piperidine rings is 1. The van der Waals surface area contributed by atoms with Crippen molar-refractivity contribution in [3.8, 4) is 5.75 Å². The van der Waals surface area contributed by atoms with Crippen LogP contribution in [0.2, 0.25) is 0 Å². The Kier molecular flexibility index (Phi) is 6.86. The van der Waals surface area contributed by atoms with Crippen LogP contribution in [0.4, 0.5) is 5.69 Å². The maximum absolute atomic E-state index is 12.4. The Morgan fingerprint density at radius 1 is 1.39 bits per heavy atom. The predicted molar refractivity (Wildman–Crippen MR) is 91.8 cm³/mol. The third-order valence-electron chi connectivity index (χ3n) is 4.33. The minimum absolute atomic E-state index is 0.0626. The van der Waals surface area contributed by atoms with Gasteiger partial charge in [0.15, 0.2) is 0 Å². The van der Waals surface area contributed by atoms with Crippen LogP contribution in [0, 0.1) is 0 Å². The fourth-order valence-corrected chi connectivity index (χ4v) is 3.15. The van der Waals surface area contributed by atoms with E-state index >= 15 is 0 Å². The van der Waals surface area contributed by atoms with E-state index in [9.17, 15) is 9.90 Å². The number of nitrogens with one attached hydrogen (secondary N) is 1. The fourth-order valence-electron chi connectivity index (χ4n) is 3.15. The van der Waals surface area contributed by atoms with Gasteiger partial charge in [-0.3, -0.25) is 9.69 Å². The van der Waals surface area contributed by atoms with Gasteiger partial charge in [-0.05, 0) is 44.9 Å². The van der Waals surface area contributed by atoms with Crippen LogP contribution < -0.4 is 10.1 Å². The molecular weight excluding hydrogens is 292 g/mol. The molecule has 0 spiro atoms. The Morgan fingerprint density at radius 2 is 2.17 bits per heavy atom. The molecule has 0 aromatic heterocycles. The zero-order valence-electron chi connectivity index (χ0n) is 14.1. The van der Waals surface area contributed by atoms with Crippen molar-refractivity contribution in [2.45, 2.75) is 51.7 Å². The lowest BCUT2D eigenvalue weighted by Gasteiger charge is -2.37. The number of nitrogens with zero attached hydrogens (tertiary/aromatic N) is 1. The lowest BCUT2D eigenvalue weighted by atomic mass is 9.96. The number of benzene rings is 1. The largest absolute Gasteiger partial charge is 0.492 e. The van der Waals surface area contributed by atoms with E-state index in [4.69, 9.17) is 4.74 Å². The SMILES string of the molecule is CCOc1ccccc1NC(=O)CN1CCCCC1C(O)CC. The molecule has 1 saturated heterocycles. The van der Waals surface area contributed by atoms with Crippen molar-refractivity contribution in [3.05, 3.63) is 24.3 Å². The average molecular weight is 320 g/mol. The van der Waals surface area contributed by atoms with Crippen LogP contribution in [0.25, 0.3) is 0 Å². The summed E-state index contributed by atoms with van der Waals surface area (Å²) in [7, 11) is 0. The highest BCUT2D eigenvalue weighted by molar-refractivity contribution is 5.93. The molecule has 128 valence electrons. The Balaban J connectivity index is 1.98. The number of anilines is 1. The number of amides is 1. The van der Waals surface area contributed by atoms with Crippen molar-refractivity contribution in [2.75, 3.05) is 25.0 Å². The van der Waals surface area contributed by atoms with E-state index in [1.807, 2.05) is 38.1 Å². The molecule has 1 aromatic carbocycles. The second kappa shape index (κ2) is 8.89. The highest BCUT2D eigenvalue weighted by Gasteiger charge is 2.29. The van der Waals surface area contributed by atoms with Gasteiger partial charge in [-0.1, -0.05) is 25.5 Å². The maximum atomic E-state index is 12.4. The first kappa shape index (κ1) is 17.8. The summed E-state index contributed by atoms with van der Waals surface area (Å²) in [6.07, 6.45) is 3.51. The van der Waals surface area contributed by atoms with Gasteiger partial charge in [0.1, 0.15) is 5.75 Å². The summed E-state index contributed by atoms with van der Waals surface area (Å²) in [6, 6.07) is 7.55. The number of hydrogen-bond donors (Lipinski definition) is 2. The lowest BCUT2D eigenvalue weighted by molar-refractivity contribution is -0.119. The van der Waals surface area contributed by atoms with E-state index in [1.165, 1.54) is 0 Å². The van der Waals surface area contributed by atoms with Crippen LogP contribution in [0.3, 0.4) is 0 Å². The molecule has 1 amide bonds. The van der Waals surface area contributed by atoms with Gasteiger partial charge in [-0.2, -0.15) is 0 Å². The molecule has 0 saturated carbocycles. The number of hydrogen-bond acceptors (Lipinski definition) is 4. The molecule has 1 fully saturated rings. The predicted octanol–water partition coefficient (Wildman–Crippen LogP) is 2.65. The maximum Gasteiger partial charge on any atom is 0.238 e. The van der Waals surface area contributed by atoms with Gasteiger partial charge in [0.25, 0.3) is 0 Å². The fraction of sp³-hybridized carbons (Fsp3) is 0.611. The Hall–Kier alpha value is -1.59. The zero-order valence-corrected chi connectivity index (χ0v) is 14.1. The highest BCUT2D eigenvalue weighted by Crippen LogP contribution is 2.24. The molecule has 0 radical (unpaired) electrons. The molecule has 2 atom stereocenters. The first-order valence-corrected chi connectivity index (χ1v) is 8.59. The summed E-state index contributed by atoms with van der Waals surface area (Å²) < 4.78 is 5.54. The van der Waals surface area contributed by atoms with Crippen molar-refractivity contribution >= 4 is 11.6 Å². The molecule has 1 heterocycles. The summed E-state index contributed by atoms with van der Waals surface area (Å²) in [4.78, 5) is 14.5. The second-order valence-electron chi connectivity index (χ2n) is 5.99. The highest BCUT2D eigenvalue weighted by atomic mass is 16.5. The molecule has 23 heavy (non-hydrogen) atoms. The number of para-hydroxylation sites is 2. The summed E-state index contributed by atoms with van der Waals surface area (Å²) in [5.41, 5.74) is 0.698. The van der Waals surface area contributed by atoms with Crippen molar-refractivity contribution in [1.29, 1.82) is 0 Å². The minimum atomic E-state index is -0.362. The monoisotopic (exact) mass is 320 g/mol. The molecule has 1 aliphatic heterocycles. The summed E-state index contributed by atoms with van der Waals surface area (Å²) >= 11 is 0. The van der Waals surface area contributed by atoms with Crippen LogP contribution in [-0.4, -0.2) is 47.8 Å². The number of carbonyl (C=O) groups is 1. The number of ether oxygens (including phenoxy) is 1. The van der Waals surface area contributed by atoms with E-state index in [-0.39, 0.29) is 18.1 Å². The zero-order chi connectivity index (χ0) is 16.7. The van der Waals surface area contributed by atoms with Crippen LogP contribution in [-0.2, 0) is 4.79 Å². The third kappa shape index (κ3) is 4.94. The summed E-state index contributed by atoms with van der Waals surface area (Å²) in [6.45, 7) is 5.63. The van der Waals surface area contributed by atoms with Crippen molar-refractivity contribution in [1.82, 2.24) is 4.90 Å². The quantitative estimate of drug-likeness (QED) is 0.811. The van der Waals surface area contributed by atoms with Gasteiger partial charge >= 0.3 is 0 Å². The minimum Gasteiger partial charge on any atom is -0.492 e. The molecule has 5 heteroatoms. The van der Waals surface area contributed by atoms with Gasteiger partial charge in [-0.25, -0.2) is 0 Å². The van der Waals surface area contributed by atoms with Gasteiger partial charge < -0.3 is 15.2 Å². The van der Waals surface area contributed by atoms with E-state index in [2.05, 4.69) is 10.2 Å². The van der Waals surface area contributed by atoms with E-state index in [0.717, 1.165) is 32.2 Å². The molecule has 1 aliphatic rings. The molecule has 1 aromatic rings. The number of aliphatic hydroxyl groups excluding tert-OH is 1. The van der Waals surface area contributed by atoms with Crippen LogP contribution in [0.5, 0.6) is 5.75 Å². The standard InChI is InChI=1S/C18H28N2O3/c1-3-16(21)15-10-7-8-12-20(15)13-18(22)19-14-9-5-6-11-17(14)23-4-2/h5-6,9,11,15-16,21H,3-4,7-8,10,12-13H2,1-2H3,(H,19,22). The first-order chi connectivity index (χ1) is 11.2. The van der Waals surface area contributed by atoms with Gasteiger partial charge in [0, 0.05) is 6.04 Å². The molecular formula is C18H28N2O3. The summed E-state index contributed by atoms with van der Waals surface area (Å²) in [5.74, 6) is 0.625. The van der Waals surface area contributed by atoms with Crippen molar-refractivity contribution in [3.63, 3.8) is 0 Å². The van der Waals surface area contributed by atoms with Crippen molar-refractivity contribution in [2.24, 2.45) is 0 Å². The van der Waals surface area contributed by atoms with Crippen molar-refractivity contribution < 1.29 is 14.6 Å². The third-order valence-corrected chi connectivity index (χ3v) is 4.33. The van der Waals surface area contributed by atoms with Gasteiger partial charge in [0.05, 0.1) is 24.9 Å². The molecule has 2 N–H and O–H groups in total. The normalized spacial score (nSPS) is 20.0.